The number of aromatic hydroxyl groups is 1. The molecule has 0 aromatic heterocycles. The van der Waals surface area contributed by atoms with Crippen LogP contribution in [0.3, 0.4) is 0 Å². The number of hydrogen-bond acceptors (Lipinski definition) is 4. The monoisotopic (exact) mass is 288 g/mol. The van der Waals surface area contributed by atoms with Crippen LogP contribution in [0, 0.1) is 11.3 Å². The summed E-state index contributed by atoms with van der Waals surface area (Å²) in [4.78, 5) is 0.0941. The van der Waals surface area contributed by atoms with E-state index < -0.39 is 10.0 Å². The van der Waals surface area contributed by atoms with Gasteiger partial charge in [0.1, 0.15) is 5.75 Å². The van der Waals surface area contributed by atoms with Crippen molar-refractivity contribution in [2.75, 3.05) is 0 Å². The van der Waals surface area contributed by atoms with Crippen molar-refractivity contribution in [3.63, 3.8) is 0 Å². The Morgan fingerprint density at radius 3 is 2.45 bits per heavy atom. The lowest BCUT2D eigenvalue weighted by atomic mass is 10.2. The number of phenols is 1. The number of hydrogen-bond donors (Lipinski definition) is 2. The number of nitrogens with zero attached hydrogens (tertiary/aromatic N) is 1. The maximum Gasteiger partial charge on any atom is 0.240 e. The van der Waals surface area contributed by atoms with E-state index in [1.54, 1.807) is 12.1 Å². The Kier molecular flexibility index (Phi) is 4.03. The van der Waals surface area contributed by atoms with Gasteiger partial charge in [-0.25, -0.2) is 13.1 Å². The number of benzene rings is 2. The average molecular weight is 288 g/mol. The van der Waals surface area contributed by atoms with Gasteiger partial charge in [-0.15, -0.1) is 0 Å². The summed E-state index contributed by atoms with van der Waals surface area (Å²) >= 11 is 0. The molecule has 0 aliphatic rings. The van der Waals surface area contributed by atoms with Crippen LogP contribution < -0.4 is 4.72 Å². The maximum absolute atomic E-state index is 12.0. The highest BCUT2D eigenvalue weighted by Crippen LogP contribution is 2.13. The van der Waals surface area contributed by atoms with Crippen molar-refractivity contribution in [1.29, 1.82) is 5.26 Å². The second-order valence-electron chi connectivity index (χ2n) is 4.13. The Hall–Kier alpha value is -2.36. The van der Waals surface area contributed by atoms with Crippen molar-refractivity contribution in [2.45, 2.75) is 11.4 Å². The fourth-order valence-corrected chi connectivity index (χ4v) is 2.65. The van der Waals surface area contributed by atoms with Gasteiger partial charge < -0.3 is 5.11 Å². The highest BCUT2D eigenvalue weighted by Gasteiger charge is 2.13. The molecule has 0 radical (unpaired) electrons. The highest BCUT2D eigenvalue weighted by molar-refractivity contribution is 7.89. The molecule has 0 bridgehead atoms. The van der Waals surface area contributed by atoms with Crippen LogP contribution in [0.5, 0.6) is 5.75 Å². The van der Waals surface area contributed by atoms with Crippen LogP contribution in [0.25, 0.3) is 0 Å². The van der Waals surface area contributed by atoms with E-state index in [2.05, 4.69) is 4.72 Å². The number of phenolic OH excluding ortho intramolecular Hbond substituents is 1. The molecule has 102 valence electrons. The number of nitrogens with one attached hydrogen (secondary N) is 1. The predicted octanol–water partition coefficient (Wildman–Crippen LogP) is 1.74. The Balaban J connectivity index is 2.13. The molecule has 2 aromatic rings. The molecule has 0 amide bonds. The molecule has 2 N–H and O–H groups in total. The molecule has 0 atom stereocenters. The van der Waals surface area contributed by atoms with Gasteiger partial charge in [0.2, 0.25) is 10.0 Å². The standard InChI is InChI=1S/C14H12N2O3S/c15-9-11-4-6-14(7-5-11)20(18,19)16-10-12-2-1-3-13(17)8-12/h1-8,16-17H,10H2. The van der Waals surface area contributed by atoms with E-state index in [-0.39, 0.29) is 17.2 Å². The lowest BCUT2D eigenvalue weighted by molar-refractivity contribution is 0.474. The minimum absolute atomic E-state index is 0.0801. The molecule has 0 unspecified atom stereocenters. The summed E-state index contributed by atoms with van der Waals surface area (Å²) in [6.07, 6.45) is 0. The normalized spacial score (nSPS) is 10.9. The number of sulfonamides is 1. The second kappa shape index (κ2) is 5.74. The average Bonchev–Trinajstić information content (AvgIpc) is 2.45. The number of nitriles is 1. The van der Waals surface area contributed by atoms with E-state index in [0.29, 0.717) is 11.1 Å². The number of rotatable bonds is 4. The summed E-state index contributed by atoms with van der Waals surface area (Å²) in [7, 11) is -3.64. The van der Waals surface area contributed by atoms with Crippen molar-refractivity contribution in [2.24, 2.45) is 0 Å². The molecular weight excluding hydrogens is 276 g/mol. The third-order valence-electron chi connectivity index (χ3n) is 2.67. The van der Waals surface area contributed by atoms with Crippen LogP contribution >= 0.6 is 0 Å². The molecule has 20 heavy (non-hydrogen) atoms. The predicted molar refractivity (Wildman–Crippen MR) is 73.3 cm³/mol. The molecule has 0 spiro atoms. The zero-order valence-corrected chi connectivity index (χ0v) is 11.3. The summed E-state index contributed by atoms with van der Waals surface area (Å²) in [6.45, 7) is 0.0801. The van der Waals surface area contributed by atoms with Crippen molar-refractivity contribution < 1.29 is 13.5 Å². The Labute approximate surface area is 117 Å². The summed E-state index contributed by atoms with van der Waals surface area (Å²) in [6, 6.07) is 13.9. The first-order chi connectivity index (χ1) is 9.51. The fourth-order valence-electron chi connectivity index (χ4n) is 1.64. The zero-order chi connectivity index (χ0) is 14.6. The van der Waals surface area contributed by atoms with Gasteiger partial charge in [0.25, 0.3) is 0 Å². The Bertz CT molecular complexity index is 747. The van der Waals surface area contributed by atoms with Crippen LogP contribution in [0.15, 0.2) is 53.4 Å². The molecule has 2 rings (SSSR count). The van der Waals surface area contributed by atoms with Gasteiger partial charge in [0.05, 0.1) is 16.5 Å². The molecule has 0 aliphatic heterocycles. The van der Waals surface area contributed by atoms with Crippen molar-refractivity contribution in [1.82, 2.24) is 4.72 Å². The molecule has 5 nitrogen and oxygen atoms in total. The lowest BCUT2D eigenvalue weighted by Crippen LogP contribution is -2.23. The molecule has 0 saturated heterocycles. The summed E-state index contributed by atoms with van der Waals surface area (Å²) in [5.41, 5.74) is 1.05. The Morgan fingerprint density at radius 2 is 1.85 bits per heavy atom. The molecule has 0 fully saturated rings. The third kappa shape index (κ3) is 3.35. The first kappa shape index (κ1) is 14.1. The van der Waals surface area contributed by atoms with E-state index in [4.69, 9.17) is 5.26 Å². The highest BCUT2D eigenvalue weighted by atomic mass is 32.2. The third-order valence-corrected chi connectivity index (χ3v) is 4.09. The van der Waals surface area contributed by atoms with Crippen molar-refractivity contribution in [3.8, 4) is 11.8 Å². The van der Waals surface area contributed by atoms with E-state index in [1.165, 1.54) is 36.4 Å². The van der Waals surface area contributed by atoms with Gasteiger partial charge in [-0.3, -0.25) is 0 Å². The summed E-state index contributed by atoms with van der Waals surface area (Å²) in [5.74, 6) is 0.0834. The lowest BCUT2D eigenvalue weighted by Gasteiger charge is -2.07. The van der Waals surface area contributed by atoms with Gasteiger partial charge >= 0.3 is 0 Å². The van der Waals surface area contributed by atoms with Gasteiger partial charge in [0.15, 0.2) is 0 Å². The molecule has 6 heteroatoms. The van der Waals surface area contributed by atoms with Crippen LogP contribution in [-0.4, -0.2) is 13.5 Å². The first-order valence-corrected chi connectivity index (χ1v) is 7.27. The summed E-state index contributed by atoms with van der Waals surface area (Å²) in [5, 5.41) is 18.0. The fraction of sp³-hybridized carbons (Fsp3) is 0.0714. The van der Waals surface area contributed by atoms with E-state index in [9.17, 15) is 13.5 Å². The SMILES string of the molecule is N#Cc1ccc(S(=O)(=O)NCc2cccc(O)c2)cc1. The smallest absolute Gasteiger partial charge is 0.240 e. The maximum atomic E-state index is 12.0. The van der Waals surface area contributed by atoms with Gasteiger partial charge in [-0.1, -0.05) is 12.1 Å². The molecule has 2 aromatic carbocycles. The minimum atomic E-state index is -3.64. The Morgan fingerprint density at radius 1 is 1.15 bits per heavy atom. The van der Waals surface area contributed by atoms with Crippen LogP contribution in [0.4, 0.5) is 0 Å². The van der Waals surface area contributed by atoms with Crippen molar-refractivity contribution >= 4 is 10.0 Å². The minimum Gasteiger partial charge on any atom is -0.508 e. The zero-order valence-electron chi connectivity index (χ0n) is 10.4. The quantitative estimate of drug-likeness (QED) is 0.896. The van der Waals surface area contributed by atoms with Crippen LogP contribution in [0.2, 0.25) is 0 Å². The van der Waals surface area contributed by atoms with Gasteiger partial charge in [-0.2, -0.15) is 5.26 Å². The topological polar surface area (TPSA) is 90.2 Å². The molecule has 0 aliphatic carbocycles. The van der Waals surface area contributed by atoms with Gasteiger partial charge in [0, 0.05) is 6.54 Å². The molecular formula is C14H12N2O3S. The van der Waals surface area contributed by atoms with E-state index >= 15 is 0 Å². The largest absolute Gasteiger partial charge is 0.508 e. The van der Waals surface area contributed by atoms with Gasteiger partial charge in [-0.05, 0) is 42.0 Å². The van der Waals surface area contributed by atoms with Crippen LogP contribution in [0.1, 0.15) is 11.1 Å². The first-order valence-electron chi connectivity index (χ1n) is 5.79. The van der Waals surface area contributed by atoms with Crippen LogP contribution in [-0.2, 0) is 16.6 Å². The summed E-state index contributed by atoms with van der Waals surface area (Å²) < 4.78 is 26.5. The second-order valence-corrected chi connectivity index (χ2v) is 5.90. The van der Waals surface area contributed by atoms with Crippen molar-refractivity contribution in [3.05, 3.63) is 59.7 Å². The van der Waals surface area contributed by atoms with E-state index in [0.717, 1.165) is 0 Å². The molecule has 0 saturated carbocycles. The van der Waals surface area contributed by atoms with E-state index in [1.807, 2.05) is 6.07 Å². The molecule has 0 heterocycles.